The maximum absolute atomic E-state index is 9.21. The van der Waals surface area contributed by atoms with Crippen LogP contribution in [-0.4, -0.2) is 5.11 Å². The zero-order chi connectivity index (χ0) is 7.56. The van der Waals surface area contributed by atoms with Gasteiger partial charge >= 0.3 is 0 Å². The van der Waals surface area contributed by atoms with Crippen molar-refractivity contribution < 1.29 is 5.11 Å². The number of aromatic hydroxyl groups is 1. The summed E-state index contributed by atoms with van der Waals surface area (Å²) in [6, 6.07) is 5.31. The zero-order valence-corrected chi connectivity index (χ0v) is 7.69. The Labute approximate surface area is 73.6 Å². The molecule has 0 atom stereocenters. The monoisotopic (exact) mass is 218 g/mol. The third-order valence-corrected chi connectivity index (χ3v) is 2.31. The molecule has 0 saturated carbocycles. The molecular weight excluding hydrogens is 212 g/mol. The molecule has 1 aromatic carbocycles. The molecule has 1 N–H and O–H groups in total. The number of thiol groups is 1. The number of hydrogen-bond acceptors (Lipinski definition) is 2. The molecule has 0 aliphatic heterocycles. The molecule has 10 heavy (non-hydrogen) atoms. The Morgan fingerprint density at radius 1 is 1.50 bits per heavy atom. The van der Waals surface area contributed by atoms with E-state index in [1.807, 2.05) is 6.07 Å². The van der Waals surface area contributed by atoms with E-state index < -0.39 is 0 Å². The first-order chi connectivity index (χ1) is 4.75. The molecule has 0 radical (unpaired) electrons. The fourth-order valence-electron chi connectivity index (χ4n) is 0.704. The van der Waals surface area contributed by atoms with Crippen molar-refractivity contribution in [3.8, 4) is 5.75 Å². The average molecular weight is 219 g/mol. The molecule has 0 saturated heterocycles. The van der Waals surface area contributed by atoms with Crippen LogP contribution in [0.25, 0.3) is 0 Å². The summed E-state index contributed by atoms with van der Waals surface area (Å²) in [7, 11) is 0. The van der Waals surface area contributed by atoms with E-state index in [1.54, 1.807) is 12.1 Å². The van der Waals surface area contributed by atoms with Crippen molar-refractivity contribution in [3.63, 3.8) is 0 Å². The minimum absolute atomic E-state index is 0.296. The number of rotatable bonds is 1. The summed E-state index contributed by atoms with van der Waals surface area (Å²) >= 11 is 7.36. The number of phenols is 1. The van der Waals surface area contributed by atoms with E-state index >= 15 is 0 Å². The van der Waals surface area contributed by atoms with E-state index in [0.29, 0.717) is 11.5 Å². The normalized spacial score (nSPS) is 9.80. The van der Waals surface area contributed by atoms with Gasteiger partial charge in [-0.15, -0.1) is 0 Å². The summed E-state index contributed by atoms with van der Waals surface area (Å²) in [6.45, 7) is 0. The van der Waals surface area contributed by atoms with Gasteiger partial charge in [0.15, 0.2) is 0 Å². The van der Waals surface area contributed by atoms with Gasteiger partial charge < -0.3 is 5.11 Å². The summed E-state index contributed by atoms with van der Waals surface area (Å²) in [5.41, 5.74) is 0.839. The predicted molar refractivity (Wildman–Crippen MR) is 48.5 cm³/mol. The summed E-state index contributed by atoms with van der Waals surface area (Å²) in [4.78, 5) is 0. The number of phenolic OH excluding ortho intramolecular Hbond substituents is 1. The molecule has 0 aliphatic carbocycles. The summed E-state index contributed by atoms with van der Waals surface area (Å²) in [5, 5.41) is 9.21. The molecule has 54 valence electrons. The van der Waals surface area contributed by atoms with E-state index in [9.17, 15) is 5.11 Å². The van der Waals surface area contributed by atoms with Gasteiger partial charge in [0, 0.05) is 15.8 Å². The van der Waals surface area contributed by atoms with Gasteiger partial charge in [0.1, 0.15) is 5.75 Å². The maximum atomic E-state index is 9.21. The van der Waals surface area contributed by atoms with Crippen molar-refractivity contribution in [3.05, 3.63) is 28.2 Å². The lowest BCUT2D eigenvalue weighted by Gasteiger charge is -2.01. The SMILES string of the molecule is Oc1cccc(Br)c1CS. The van der Waals surface area contributed by atoms with Crippen LogP contribution in [0.15, 0.2) is 22.7 Å². The van der Waals surface area contributed by atoms with E-state index in [2.05, 4.69) is 28.6 Å². The van der Waals surface area contributed by atoms with Crippen molar-refractivity contribution in [1.82, 2.24) is 0 Å². The molecular formula is C7H7BrOS. The van der Waals surface area contributed by atoms with Gasteiger partial charge in [-0.2, -0.15) is 12.6 Å². The Morgan fingerprint density at radius 3 is 2.60 bits per heavy atom. The van der Waals surface area contributed by atoms with Crippen LogP contribution in [0, 0.1) is 0 Å². The van der Waals surface area contributed by atoms with Crippen LogP contribution in [0.4, 0.5) is 0 Å². The van der Waals surface area contributed by atoms with Crippen molar-refractivity contribution in [2.45, 2.75) is 5.75 Å². The minimum Gasteiger partial charge on any atom is -0.508 e. The van der Waals surface area contributed by atoms with Gasteiger partial charge in [-0.1, -0.05) is 22.0 Å². The van der Waals surface area contributed by atoms with Crippen LogP contribution in [0.1, 0.15) is 5.56 Å². The molecule has 1 rings (SSSR count). The van der Waals surface area contributed by atoms with Gasteiger partial charge in [0.2, 0.25) is 0 Å². The van der Waals surface area contributed by atoms with Crippen LogP contribution in [0.3, 0.4) is 0 Å². The van der Waals surface area contributed by atoms with Crippen molar-refractivity contribution >= 4 is 28.6 Å². The molecule has 3 heteroatoms. The third kappa shape index (κ3) is 1.47. The van der Waals surface area contributed by atoms with Gasteiger partial charge in [-0.3, -0.25) is 0 Å². The minimum atomic E-state index is 0.296. The Morgan fingerprint density at radius 2 is 2.20 bits per heavy atom. The lowest BCUT2D eigenvalue weighted by molar-refractivity contribution is 0.470. The second-order valence-corrected chi connectivity index (χ2v) is 3.07. The Kier molecular flexibility index (Phi) is 2.63. The molecule has 0 aliphatic rings. The molecule has 0 fully saturated rings. The van der Waals surface area contributed by atoms with Crippen LogP contribution in [0.2, 0.25) is 0 Å². The molecule has 0 bridgehead atoms. The standard InChI is InChI=1S/C7H7BrOS/c8-6-2-1-3-7(9)5(6)4-10/h1-3,9-10H,4H2. The Bertz CT molecular complexity index is 217. The molecule has 0 unspecified atom stereocenters. The Hall–Kier alpha value is -0.150. The Balaban J connectivity index is 3.17. The lowest BCUT2D eigenvalue weighted by atomic mass is 10.2. The quantitative estimate of drug-likeness (QED) is 0.695. The second-order valence-electron chi connectivity index (χ2n) is 1.90. The lowest BCUT2D eigenvalue weighted by Crippen LogP contribution is -1.80. The average Bonchev–Trinajstić information content (AvgIpc) is 1.88. The van der Waals surface area contributed by atoms with Crippen LogP contribution in [-0.2, 0) is 5.75 Å². The molecule has 1 nitrogen and oxygen atoms in total. The molecule has 0 amide bonds. The third-order valence-electron chi connectivity index (χ3n) is 1.25. The molecule has 0 heterocycles. The summed E-state index contributed by atoms with van der Waals surface area (Å²) in [5.74, 6) is 0.845. The first kappa shape index (κ1) is 7.95. The summed E-state index contributed by atoms with van der Waals surface area (Å²) < 4.78 is 0.905. The molecule has 0 spiro atoms. The van der Waals surface area contributed by atoms with E-state index in [1.165, 1.54) is 0 Å². The highest BCUT2D eigenvalue weighted by molar-refractivity contribution is 9.10. The highest BCUT2D eigenvalue weighted by atomic mass is 79.9. The van der Waals surface area contributed by atoms with Crippen LogP contribution >= 0.6 is 28.6 Å². The largest absolute Gasteiger partial charge is 0.508 e. The van der Waals surface area contributed by atoms with Gasteiger partial charge in [0.05, 0.1) is 0 Å². The zero-order valence-electron chi connectivity index (χ0n) is 5.21. The van der Waals surface area contributed by atoms with E-state index in [4.69, 9.17) is 0 Å². The fourth-order valence-corrected chi connectivity index (χ4v) is 1.75. The first-order valence-corrected chi connectivity index (χ1v) is 4.25. The molecule has 1 aromatic rings. The van der Waals surface area contributed by atoms with Crippen LogP contribution < -0.4 is 0 Å². The fraction of sp³-hybridized carbons (Fsp3) is 0.143. The number of halogens is 1. The second kappa shape index (κ2) is 3.30. The topological polar surface area (TPSA) is 20.2 Å². The first-order valence-electron chi connectivity index (χ1n) is 2.83. The highest BCUT2D eigenvalue weighted by Gasteiger charge is 2.01. The number of benzene rings is 1. The smallest absolute Gasteiger partial charge is 0.120 e. The van der Waals surface area contributed by atoms with Crippen LogP contribution in [0.5, 0.6) is 5.75 Å². The van der Waals surface area contributed by atoms with Crippen molar-refractivity contribution in [2.75, 3.05) is 0 Å². The highest BCUT2D eigenvalue weighted by Crippen LogP contribution is 2.26. The van der Waals surface area contributed by atoms with Gasteiger partial charge in [-0.25, -0.2) is 0 Å². The van der Waals surface area contributed by atoms with E-state index in [0.717, 1.165) is 10.0 Å². The van der Waals surface area contributed by atoms with E-state index in [-0.39, 0.29) is 0 Å². The maximum Gasteiger partial charge on any atom is 0.120 e. The summed E-state index contributed by atoms with van der Waals surface area (Å²) in [6.07, 6.45) is 0. The number of hydrogen-bond donors (Lipinski definition) is 2. The van der Waals surface area contributed by atoms with Crippen molar-refractivity contribution in [2.24, 2.45) is 0 Å². The van der Waals surface area contributed by atoms with Crippen molar-refractivity contribution in [1.29, 1.82) is 0 Å². The molecule has 0 aromatic heterocycles. The van der Waals surface area contributed by atoms with Gasteiger partial charge in [0.25, 0.3) is 0 Å². The van der Waals surface area contributed by atoms with Gasteiger partial charge in [-0.05, 0) is 12.1 Å². The predicted octanol–water partition coefficient (Wildman–Crippen LogP) is 2.58.